The van der Waals surface area contributed by atoms with Crippen LogP contribution in [0.15, 0.2) is 0 Å². The summed E-state index contributed by atoms with van der Waals surface area (Å²) in [5, 5.41) is 11.7. The second-order valence-corrected chi connectivity index (χ2v) is 3.43. The molecular weight excluding hydrogens is 154 g/mol. The van der Waals surface area contributed by atoms with Crippen molar-refractivity contribution in [3.05, 3.63) is 0 Å². The van der Waals surface area contributed by atoms with E-state index in [0.29, 0.717) is 12.6 Å². The van der Waals surface area contributed by atoms with E-state index in [4.69, 9.17) is 5.11 Å². The van der Waals surface area contributed by atoms with Crippen LogP contribution in [-0.4, -0.2) is 23.7 Å². The number of nitrogens with one attached hydrogen (secondary N) is 1. The molecule has 0 heterocycles. The number of rotatable bonds is 4. The summed E-state index contributed by atoms with van der Waals surface area (Å²) in [5.41, 5.74) is 0. The van der Waals surface area contributed by atoms with E-state index < -0.39 is 5.97 Å². The molecule has 0 bridgehead atoms. The number of hydrogen-bond donors (Lipinski definition) is 2. The highest BCUT2D eigenvalue weighted by Gasteiger charge is 2.12. The van der Waals surface area contributed by atoms with Gasteiger partial charge in [-0.05, 0) is 12.8 Å². The molecule has 1 rings (SSSR count). The van der Waals surface area contributed by atoms with Crippen LogP contribution in [0.25, 0.3) is 0 Å². The number of carboxylic acid groups (broad SMARTS) is 1. The summed E-state index contributed by atoms with van der Waals surface area (Å²) in [7, 11) is 0. The maximum atomic E-state index is 10.2. The fourth-order valence-electron chi connectivity index (χ4n) is 1.69. The maximum Gasteiger partial charge on any atom is 0.304 e. The molecule has 1 aliphatic carbocycles. The Morgan fingerprint density at radius 3 is 2.58 bits per heavy atom. The van der Waals surface area contributed by atoms with E-state index >= 15 is 0 Å². The quantitative estimate of drug-likeness (QED) is 0.672. The average Bonchev–Trinajstić information content (AvgIpc) is 2.05. The average molecular weight is 171 g/mol. The normalized spacial score (nSPS) is 19.3. The molecule has 0 aromatic heterocycles. The van der Waals surface area contributed by atoms with Gasteiger partial charge >= 0.3 is 5.97 Å². The summed E-state index contributed by atoms with van der Waals surface area (Å²) in [4.78, 5) is 10.2. The third-order valence-corrected chi connectivity index (χ3v) is 2.38. The fraction of sp³-hybridized carbons (Fsp3) is 0.889. The SMILES string of the molecule is O=C(O)CCNC1CCCCC1. The number of hydrogen-bond acceptors (Lipinski definition) is 2. The van der Waals surface area contributed by atoms with Crippen molar-refractivity contribution in [2.45, 2.75) is 44.6 Å². The van der Waals surface area contributed by atoms with Crippen molar-refractivity contribution in [3.63, 3.8) is 0 Å². The highest BCUT2D eigenvalue weighted by atomic mass is 16.4. The van der Waals surface area contributed by atoms with E-state index in [0.717, 1.165) is 0 Å². The maximum absolute atomic E-state index is 10.2. The minimum atomic E-state index is -0.710. The van der Waals surface area contributed by atoms with Gasteiger partial charge in [0.15, 0.2) is 0 Å². The molecule has 0 aromatic rings. The predicted octanol–water partition coefficient (Wildman–Crippen LogP) is 1.38. The van der Waals surface area contributed by atoms with Gasteiger partial charge in [0.1, 0.15) is 0 Å². The number of aliphatic carboxylic acids is 1. The Kier molecular flexibility index (Phi) is 4.08. The van der Waals surface area contributed by atoms with Crippen LogP contribution in [-0.2, 0) is 4.79 Å². The Labute approximate surface area is 73.2 Å². The van der Waals surface area contributed by atoms with Crippen molar-refractivity contribution in [2.24, 2.45) is 0 Å². The van der Waals surface area contributed by atoms with Crippen LogP contribution in [0.2, 0.25) is 0 Å². The van der Waals surface area contributed by atoms with Gasteiger partial charge in [-0.25, -0.2) is 0 Å². The highest BCUT2D eigenvalue weighted by molar-refractivity contribution is 5.66. The van der Waals surface area contributed by atoms with Gasteiger partial charge in [-0.2, -0.15) is 0 Å². The van der Waals surface area contributed by atoms with Gasteiger partial charge in [0.25, 0.3) is 0 Å². The van der Waals surface area contributed by atoms with Crippen molar-refractivity contribution in [2.75, 3.05) is 6.54 Å². The second kappa shape index (κ2) is 5.14. The molecule has 0 amide bonds. The molecule has 0 aliphatic heterocycles. The molecule has 2 N–H and O–H groups in total. The molecule has 3 nitrogen and oxygen atoms in total. The molecule has 1 fully saturated rings. The molecular formula is C9H17NO2. The Morgan fingerprint density at radius 2 is 2.00 bits per heavy atom. The van der Waals surface area contributed by atoms with Crippen molar-refractivity contribution in [1.29, 1.82) is 0 Å². The Balaban J connectivity index is 2.01. The highest BCUT2D eigenvalue weighted by Crippen LogP contribution is 2.16. The first-order valence-electron chi connectivity index (χ1n) is 4.74. The molecule has 70 valence electrons. The lowest BCUT2D eigenvalue weighted by Gasteiger charge is -2.22. The first-order chi connectivity index (χ1) is 5.79. The zero-order chi connectivity index (χ0) is 8.81. The van der Waals surface area contributed by atoms with Crippen LogP contribution in [0.3, 0.4) is 0 Å². The number of carbonyl (C=O) groups is 1. The van der Waals surface area contributed by atoms with Crippen LogP contribution in [0.1, 0.15) is 38.5 Å². The monoisotopic (exact) mass is 171 g/mol. The first-order valence-corrected chi connectivity index (χ1v) is 4.74. The number of carboxylic acids is 1. The molecule has 3 heteroatoms. The topological polar surface area (TPSA) is 49.3 Å². The Hall–Kier alpha value is -0.570. The fourth-order valence-corrected chi connectivity index (χ4v) is 1.69. The van der Waals surface area contributed by atoms with Crippen molar-refractivity contribution in [3.8, 4) is 0 Å². The lowest BCUT2D eigenvalue weighted by molar-refractivity contribution is -0.136. The van der Waals surface area contributed by atoms with E-state index in [1.807, 2.05) is 0 Å². The van der Waals surface area contributed by atoms with E-state index in [9.17, 15) is 4.79 Å². The van der Waals surface area contributed by atoms with Gasteiger partial charge in [0.05, 0.1) is 6.42 Å². The zero-order valence-electron chi connectivity index (χ0n) is 7.38. The molecule has 0 aromatic carbocycles. The van der Waals surface area contributed by atoms with E-state index in [2.05, 4.69) is 5.32 Å². The molecule has 0 radical (unpaired) electrons. The molecule has 0 spiro atoms. The van der Waals surface area contributed by atoms with E-state index in [1.54, 1.807) is 0 Å². The lowest BCUT2D eigenvalue weighted by Crippen LogP contribution is -2.32. The minimum absolute atomic E-state index is 0.247. The standard InChI is InChI=1S/C9H17NO2/c11-9(12)6-7-10-8-4-2-1-3-5-8/h8,10H,1-7H2,(H,11,12). The van der Waals surface area contributed by atoms with Gasteiger partial charge < -0.3 is 10.4 Å². The van der Waals surface area contributed by atoms with Gasteiger partial charge in [-0.3, -0.25) is 4.79 Å². The van der Waals surface area contributed by atoms with Crippen LogP contribution in [0, 0.1) is 0 Å². The van der Waals surface area contributed by atoms with Gasteiger partial charge in [0, 0.05) is 12.6 Å². The van der Waals surface area contributed by atoms with Crippen molar-refractivity contribution in [1.82, 2.24) is 5.32 Å². The van der Waals surface area contributed by atoms with Crippen molar-refractivity contribution >= 4 is 5.97 Å². The first kappa shape index (κ1) is 9.52. The predicted molar refractivity (Wildman–Crippen MR) is 47.1 cm³/mol. The summed E-state index contributed by atoms with van der Waals surface area (Å²) in [6, 6.07) is 0.582. The third-order valence-electron chi connectivity index (χ3n) is 2.38. The molecule has 0 saturated heterocycles. The van der Waals surface area contributed by atoms with Crippen LogP contribution >= 0.6 is 0 Å². The molecule has 0 unspecified atom stereocenters. The Morgan fingerprint density at radius 1 is 1.33 bits per heavy atom. The summed E-state index contributed by atoms with van der Waals surface area (Å²) < 4.78 is 0. The van der Waals surface area contributed by atoms with E-state index in [1.165, 1.54) is 32.1 Å². The summed E-state index contributed by atoms with van der Waals surface area (Å²) in [6.45, 7) is 0.625. The van der Waals surface area contributed by atoms with E-state index in [-0.39, 0.29) is 6.42 Å². The van der Waals surface area contributed by atoms with Crippen LogP contribution in [0.5, 0.6) is 0 Å². The van der Waals surface area contributed by atoms with Gasteiger partial charge in [0.2, 0.25) is 0 Å². The zero-order valence-corrected chi connectivity index (χ0v) is 7.38. The van der Waals surface area contributed by atoms with Gasteiger partial charge in [-0.1, -0.05) is 19.3 Å². The smallest absolute Gasteiger partial charge is 0.304 e. The van der Waals surface area contributed by atoms with Gasteiger partial charge in [-0.15, -0.1) is 0 Å². The third kappa shape index (κ3) is 3.72. The molecule has 1 aliphatic rings. The second-order valence-electron chi connectivity index (χ2n) is 3.43. The summed E-state index contributed by atoms with van der Waals surface area (Å²) in [5.74, 6) is -0.710. The Bertz CT molecular complexity index is 141. The summed E-state index contributed by atoms with van der Waals surface area (Å²) in [6.07, 6.45) is 6.63. The molecule has 1 saturated carbocycles. The lowest BCUT2D eigenvalue weighted by atomic mass is 9.95. The van der Waals surface area contributed by atoms with Crippen molar-refractivity contribution < 1.29 is 9.90 Å². The minimum Gasteiger partial charge on any atom is -0.481 e. The van der Waals surface area contributed by atoms with Crippen LogP contribution < -0.4 is 5.32 Å². The van der Waals surface area contributed by atoms with Crippen LogP contribution in [0.4, 0.5) is 0 Å². The molecule has 12 heavy (non-hydrogen) atoms. The summed E-state index contributed by atoms with van der Waals surface area (Å²) >= 11 is 0. The largest absolute Gasteiger partial charge is 0.481 e. The molecule has 0 atom stereocenters.